The Morgan fingerprint density at radius 2 is 1.86 bits per heavy atom. The number of hydrogen-bond donors (Lipinski definition) is 1. The van der Waals surface area contributed by atoms with E-state index in [0.29, 0.717) is 17.5 Å². The van der Waals surface area contributed by atoms with Gasteiger partial charge in [-0.1, -0.05) is 49.7 Å². The Morgan fingerprint density at radius 3 is 2.54 bits per heavy atom. The Hall–Kier alpha value is -1.82. The third kappa shape index (κ3) is 6.09. The molecule has 6 heteroatoms. The zero-order valence-electron chi connectivity index (χ0n) is 15.9. The van der Waals surface area contributed by atoms with Gasteiger partial charge in [0.1, 0.15) is 0 Å². The van der Waals surface area contributed by atoms with Crippen LogP contribution in [0.2, 0.25) is 5.02 Å². The van der Waals surface area contributed by atoms with Gasteiger partial charge in [-0.3, -0.25) is 4.79 Å². The maximum Gasteiger partial charge on any atom is 0.226 e. The second-order valence-electron chi connectivity index (χ2n) is 6.77. The van der Waals surface area contributed by atoms with E-state index in [9.17, 15) is 4.79 Å². The van der Waals surface area contributed by atoms with E-state index in [0.717, 1.165) is 33.3 Å². The molecule has 0 unspecified atom stereocenters. The SMILES string of the molecule is CC(C)c1ccc(-c2csc(NC(=O)CCCSc3ccc(Cl)cc3)n2)cc1. The normalized spacial score (nSPS) is 11.0. The van der Waals surface area contributed by atoms with Crippen molar-refractivity contribution in [2.45, 2.75) is 37.5 Å². The van der Waals surface area contributed by atoms with Crippen LogP contribution >= 0.6 is 34.7 Å². The summed E-state index contributed by atoms with van der Waals surface area (Å²) in [6.45, 7) is 4.36. The van der Waals surface area contributed by atoms with Crippen LogP contribution in [0.4, 0.5) is 5.13 Å². The lowest BCUT2D eigenvalue weighted by Gasteiger charge is -2.05. The van der Waals surface area contributed by atoms with E-state index in [1.165, 1.54) is 16.9 Å². The summed E-state index contributed by atoms with van der Waals surface area (Å²) >= 11 is 9.07. The minimum atomic E-state index is 0.00719. The van der Waals surface area contributed by atoms with Gasteiger partial charge >= 0.3 is 0 Å². The summed E-state index contributed by atoms with van der Waals surface area (Å²) in [7, 11) is 0. The van der Waals surface area contributed by atoms with E-state index < -0.39 is 0 Å². The number of thiazole rings is 1. The van der Waals surface area contributed by atoms with Gasteiger partial charge in [-0.25, -0.2) is 4.98 Å². The third-order valence-corrected chi connectivity index (χ3v) is 6.36. The quantitative estimate of drug-likeness (QED) is 0.306. The molecule has 0 aliphatic carbocycles. The molecule has 3 nitrogen and oxygen atoms in total. The van der Waals surface area contributed by atoms with Crippen LogP contribution in [-0.4, -0.2) is 16.6 Å². The maximum atomic E-state index is 12.2. The molecule has 146 valence electrons. The number of amides is 1. The smallest absolute Gasteiger partial charge is 0.226 e. The maximum absolute atomic E-state index is 12.2. The summed E-state index contributed by atoms with van der Waals surface area (Å²) in [5.41, 5.74) is 3.28. The molecule has 2 aromatic carbocycles. The van der Waals surface area contributed by atoms with Gasteiger partial charge in [-0.15, -0.1) is 23.1 Å². The summed E-state index contributed by atoms with van der Waals surface area (Å²) in [4.78, 5) is 17.9. The number of nitrogens with one attached hydrogen (secondary N) is 1. The lowest BCUT2D eigenvalue weighted by molar-refractivity contribution is -0.116. The molecule has 1 amide bonds. The highest BCUT2D eigenvalue weighted by Crippen LogP contribution is 2.27. The average Bonchev–Trinajstić information content (AvgIpc) is 3.15. The molecule has 0 aliphatic rings. The molecule has 1 N–H and O–H groups in total. The number of thioether (sulfide) groups is 1. The van der Waals surface area contributed by atoms with Crippen molar-refractivity contribution in [1.29, 1.82) is 0 Å². The van der Waals surface area contributed by atoms with Crippen LogP contribution in [0.15, 0.2) is 58.8 Å². The number of anilines is 1. The van der Waals surface area contributed by atoms with Gasteiger partial charge in [0, 0.05) is 27.3 Å². The van der Waals surface area contributed by atoms with Gasteiger partial charge in [0.25, 0.3) is 0 Å². The van der Waals surface area contributed by atoms with Crippen molar-refractivity contribution < 1.29 is 4.79 Å². The summed E-state index contributed by atoms with van der Waals surface area (Å²) in [5.74, 6) is 1.41. The molecule has 3 rings (SSSR count). The zero-order chi connectivity index (χ0) is 19.9. The first kappa shape index (κ1) is 20.9. The summed E-state index contributed by atoms with van der Waals surface area (Å²) < 4.78 is 0. The van der Waals surface area contributed by atoms with Crippen molar-refractivity contribution in [2.24, 2.45) is 0 Å². The molecule has 0 bridgehead atoms. The second kappa shape index (κ2) is 10.1. The van der Waals surface area contributed by atoms with Gasteiger partial charge in [0.05, 0.1) is 5.69 Å². The van der Waals surface area contributed by atoms with Gasteiger partial charge in [-0.05, 0) is 47.9 Å². The molecule has 0 fully saturated rings. The van der Waals surface area contributed by atoms with Crippen LogP contribution in [0.25, 0.3) is 11.3 Å². The van der Waals surface area contributed by atoms with E-state index in [4.69, 9.17) is 11.6 Å². The first-order chi connectivity index (χ1) is 13.5. The number of nitrogens with zero attached hydrogens (tertiary/aromatic N) is 1. The van der Waals surface area contributed by atoms with Gasteiger partial charge < -0.3 is 5.32 Å². The first-order valence-corrected chi connectivity index (χ1v) is 11.5. The molecule has 3 aromatic rings. The van der Waals surface area contributed by atoms with Gasteiger partial charge in [0.2, 0.25) is 5.91 Å². The van der Waals surface area contributed by atoms with Crippen LogP contribution in [0.3, 0.4) is 0 Å². The van der Waals surface area contributed by atoms with E-state index in [-0.39, 0.29) is 5.91 Å². The third-order valence-electron chi connectivity index (χ3n) is 4.25. The van der Waals surface area contributed by atoms with Gasteiger partial charge in [0.15, 0.2) is 5.13 Å². The van der Waals surface area contributed by atoms with Crippen molar-refractivity contribution in [2.75, 3.05) is 11.1 Å². The number of halogens is 1. The summed E-state index contributed by atoms with van der Waals surface area (Å²) in [5, 5.41) is 6.28. The van der Waals surface area contributed by atoms with Crippen molar-refractivity contribution in [1.82, 2.24) is 4.98 Å². The van der Waals surface area contributed by atoms with Crippen LogP contribution in [0.1, 0.15) is 38.2 Å². The fourth-order valence-corrected chi connectivity index (χ4v) is 4.35. The summed E-state index contributed by atoms with van der Waals surface area (Å²) in [6.07, 6.45) is 1.30. The summed E-state index contributed by atoms with van der Waals surface area (Å²) in [6, 6.07) is 16.2. The topological polar surface area (TPSA) is 42.0 Å². The number of carbonyl (C=O) groups is 1. The predicted molar refractivity (Wildman–Crippen MR) is 122 cm³/mol. The fraction of sp³-hybridized carbons (Fsp3) is 0.273. The Bertz CT molecular complexity index is 905. The number of carbonyl (C=O) groups excluding carboxylic acids is 1. The van der Waals surface area contributed by atoms with Crippen LogP contribution in [-0.2, 0) is 4.79 Å². The second-order valence-corrected chi connectivity index (χ2v) is 9.23. The number of hydrogen-bond acceptors (Lipinski definition) is 4. The molecule has 0 radical (unpaired) electrons. The number of benzene rings is 2. The van der Waals surface area contributed by atoms with E-state index >= 15 is 0 Å². The minimum Gasteiger partial charge on any atom is -0.302 e. The average molecular weight is 431 g/mol. The lowest BCUT2D eigenvalue weighted by atomic mass is 10.0. The van der Waals surface area contributed by atoms with Gasteiger partial charge in [-0.2, -0.15) is 0 Å². The van der Waals surface area contributed by atoms with Crippen LogP contribution in [0.5, 0.6) is 0 Å². The molecule has 1 aromatic heterocycles. The molecule has 1 heterocycles. The van der Waals surface area contributed by atoms with Crippen molar-refractivity contribution in [3.63, 3.8) is 0 Å². The molecule has 0 spiro atoms. The predicted octanol–water partition coefficient (Wildman–Crippen LogP) is 7.10. The monoisotopic (exact) mass is 430 g/mol. The van der Waals surface area contributed by atoms with E-state index in [2.05, 4.69) is 48.4 Å². The highest BCUT2D eigenvalue weighted by molar-refractivity contribution is 7.99. The Labute approximate surface area is 179 Å². The minimum absolute atomic E-state index is 0.00719. The van der Waals surface area contributed by atoms with Crippen molar-refractivity contribution in [3.05, 3.63) is 64.5 Å². The molecule has 28 heavy (non-hydrogen) atoms. The molecule has 0 saturated carbocycles. The standard InChI is InChI=1S/C22H23ClN2OS2/c1-15(2)16-5-7-17(8-6-16)20-14-28-22(24-20)25-21(26)4-3-13-27-19-11-9-18(23)10-12-19/h5-12,14-15H,3-4,13H2,1-2H3,(H,24,25,26). The van der Waals surface area contributed by atoms with E-state index in [1.807, 2.05) is 29.6 Å². The molecule has 0 saturated heterocycles. The fourth-order valence-electron chi connectivity index (χ4n) is 2.64. The Balaban J connectivity index is 1.45. The van der Waals surface area contributed by atoms with E-state index in [1.54, 1.807) is 11.8 Å². The van der Waals surface area contributed by atoms with Crippen molar-refractivity contribution in [3.8, 4) is 11.3 Å². The molecular formula is C22H23ClN2OS2. The molecule has 0 aliphatic heterocycles. The Kier molecular flexibility index (Phi) is 7.54. The van der Waals surface area contributed by atoms with Crippen molar-refractivity contribution >= 4 is 45.7 Å². The zero-order valence-corrected chi connectivity index (χ0v) is 18.3. The van der Waals surface area contributed by atoms with Crippen LogP contribution in [0, 0.1) is 0 Å². The lowest BCUT2D eigenvalue weighted by Crippen LogP contribution is -2.11. The number of rotatable bonds is 8. The first-order valence-electron chi connectivity index (χ1n) is 9.25. The Morgan fingerprint density at radius 1 is 1.14 bits per heavy atom. The highest BCUT2D eigenvalue weighted by Gasteiger charge is 2.09. The molecular weight excluding hydrogens is 408 g/mol. The molecule has 0 atom stereocenters. The highest BCUT2D eigenvalue weighted by atomic mass is 35.5. The largest absolute Gasteiger partial charge is 0.302 e. The van der Waals surface area contributed by atoms with Crippen LogP contribution < -0.4 is 5.32 Å². The number of aromatic nitrogens is 1.